The van der Waals surface area contributed by atoms with Crippen LogP contribution in [0.3, 0.4) is 0 Å². The van der Waals surface area contributed by atoms with E-state index in [9.17, 15) is 22.8 Å². The van der Waals surface area contributed by atoms with Crippen molar-refractivity contribution in [1.82, 2.24) is 4.90 Å². The zero-order valence-corrected chi connectivity index (χ0v) is 14.6. The van der Waals surface area contributed by atoms with Crippen molar-refractivity contribution in [3.8, 4) is 0 Å². The molecule has 1 aliphatic heterocycles. The van der Waals surface area contributed by atoms with Crippen LogP contribution in [-0.2, 0) is 15.8 Å². The lowest BCUT2D eigenvalue weighted by molar-refractivity contribution is -0.137. The Kier molecular flexibility index (Phi) is 5.75. The van der Waals surface area contributed by atoms with Crippen LogP contribution in [0.1, 0.15) is 38.7 Å². The largest absolute Gasteiger partial charge is 0.416 e. The molecule has 1 aromatic rings. The van der Waals surface area contributed by atoms with E-state index in [1.807, 2.05) is 13.8 Å². The van der Waals surface area contributed by atoms with Gasteiger partial charge in [-0.05, 0) is 31.0 Å². The van der Waals surface area contributed by atoms with Gasteiger partial charge in [-0.1, -0.05) is 19.9 Å². The Labute approximate surface area is 145 Å². The normalized spacial score (nSPS) is 18.1. The van der Waals surface area contributed by atoms with Crippen molar-refractivity contribution in [1.29, 1.82) is 0 Å². The van der Waals surface area contributed by atoms with Gasteiger partial charge in [-0.2, -0.15) is 13.2 Å². The number of amides is 2. The summed E-state index contributed by atoms with van der Waals surface area (Å²) in [6, 6.07) is 4.76. The van der Waals surface area contributed by atoms with Crippen LogP contribution < -0.4 is 4.90 Å². The highest BCUT2D eigenvalue weighted by atomic mass is 19.4. The molecule has 1 fully saturated rings. The summed E-state index contributed by atoms with van der Waals surface area (Å²) in [5.74, 6) is -0.972. The maximum atomic E-state index is 12.9. The maximum absolute atomic E-state index is 12.9. The van der Waals surface area contributed by atoms with Gasteiger partial charge < -0.3 is 9.80 Å². The number of rotatable bonds is 5. The maximum Gasteiger partial charge on any atom is 0.416 e. The van der Waals surface area contributed by atoms with Gasteiger partial charge in [0.1, 0.15) is 0 Å². The Morgan fingerprint density at radius 1 is 1.32 bits per heavy atom. The molecule has 1 aliphatic rings. The summed E-state index contributed by atoms with van der Waals surface area (Å²) in [6.45, 7) is 4.10. The van der Waals surface area contributed by atoms with Gasteiger partial charge in [0, 0.05) is 31.7 Å². The van der Waals surface area contributed by atoms with Crippen molar-refractivity contribution in [2.24, 2.45) is 5.92 Å². The predicted octanol–water partition coefficient (Wildman–Crippen LogP) is 3.71. The van der Waals surface area contributed by atoms with E-state index in [0.29, 0.717) is 0 Å². The van der Waals surface area contributed by atoms with Crippen molar-refractivity contribution in [2.45, 2.75) is 45.3 Å². The number of hydrogen-bond acceptors (Lipinski definition) is 2. The molecule has 1 atom stereocenters. The Morgan fingerprint density at radius 3 is 2.52 bits per heavy atom. The summed E-state index contributed by atoms with van der Waals surface area (Å²) in [5, 5.41) is 0. The van der Waals surface area contributed by atoms with Gasteiger partial charge in [-0.25, -0.2) is 0 Å². The molecule has 0 saturated carbocycles. The minimum Gasteiger partial charge on any atom is -0.342 e. The number of halogens is 3. The van der Waals surface area contributed by atoms with E-state index in [1.165, 1.54) is 17.0 Å². The summed E-state index contributed by atoms with van der Waals surface area (Å²) < 4.78 is 38.6. The minimum absolute atomic E-state index is 0.0273. The number of anilines is 1. The Hall–Kier alpha value is -2.05. The van der Waals surface area contributed by atoms with Gasteiger partial charge in [0.15, 0.2) is 0 Å². The highest BCUT2D eigenvalue weighted by Crippen LogP contribution is 2.33. The second-order valence-electron chi connectivity index (χ2n) is 6.37. The number of alkyl halides is 3. The van der Waals surface area contributed by atoms with Crippen LogP contribution >= 0.6 is 0 Å². The molecule has 0 radical (unpaired) electrons. The van der Waals surface area contributed by atoms with E-state index in [1.54, 1.807) is 11.9 Å². The lowest BCUT2D eigenvalue weighted by Crippen LogP contribution is -2.41. The van der Waals surface area contributed by atoms with Crippen molar-refractivity contribution >= 4 is 17.5 Å². The van der Waals surface area contributed by atoms with E-state index in [2.05, 4.69) is 0 Å². The zero-order valence-electron chi connectivity index (χ0n) is 14.6. The van der Waals surface area contributed by atoms with Crippen LogP contribution in [0.15, 0.2) is 24.3 Å². The molecule has 7 heteroatoms. The molecule has 1 aromatic carbocycles. The molecule has 2 rings (SSSR count). The molecule has 25 heavy (non-hydrogen) atoms. The molecule has 1 saturated heterocycles. The number of carbonyl (C=O) groups excluding carboxylic acids is 2. The quantitative estimate of drug-likeness (QED) is 0.807. The number of benzene rings is 1. The van der Waals surface area contributed by atoms with Crippen molar-refractivity contribution in [3.63, 3.8) is 0 Å². The topological polar surface area (TPSA) is 40.6 Å². The monoisotopic (exact) mass is 356 g/mol. The predicted molar refractivity (Wildman–Crippen MR) is 89.0 cm³/mol. The molecule has 1 heterocycles. The van der Waals surface area contributed by atoms with Crippen LogP contribution in [-0.4, -0.2) is 36.3 Å². The average Bonchev–Trinajstić information content (AvgIpc) is 2.96. The molecule has 0 aliphatic carbocycles. The lowest BCUT2D eigenvalue weighted by atomic mass is 10.0. The van der Waals surface area contributed by atoms with E-state index in [0.717, 1.165) is 25.0 Å². The molecule has 4 nitrogen and oxygen atoms in total. The van der Waals surface area contributed by atoms with Crippen LogP contribution in [0.5, 0.6) is 0 Å². The third-order valence-electron chi connectivity index (χ3n) is 4.80. The van der Waals surface area contributed by atoms with Gasteiger partial charge >= 0.3 is 6.18 Å². The standard InChI is InChI=1S/C18H23F3N2O2/c1-4-14(5-2)22(3)17(25)12-9-16(24)23(11-12)15-8-6-7-13(10-15)18(19,20)21/h6-8,10,12,14H,4-5,9,11H2,1-3H3. The summed E-state index contributed by atoms with van der Waals surface area (Å²) in [6.07, 6.45) is -2.81. The summed E-state index contributed by atoms with van der Waals surface area (Å²) in [5.41, 5.74) is -0.623. The first-order chi connectivity index (χ1) is 11.7. The molecular weight excluding hydrogens is 333 g/mol. The third kappa shape index (κ3) is 4.14. The summed E-state index contributed by atoms with van der Waals surface area (Å²) >= 11 is 0. The summed E-state index contributed by atoms with van der Waals surface area (Å²) in [4.78, 5) is 27.8. The number of carbonyl (C=O) groups is 2. The van der Waals surface area contributed by atoms with Crippen LogP contribution in [0, 0.1) is 5.92 Å². The zero-order chi connectivity index (χ0) is 18.8. The smallest absolute Gasteiger partial charge is 0.342 e. The molecule has 138 valence electrons. The van der Waals surface area contributed by atoms with Crippen molar-refractivity contribution in [3.05, 3.63) is 29.8 Å². The third-order valence-corrected chi connectivity index (χ3v) is 4.80. The second kappa shape index (κ2) is 7.45. The first-order valence-electron chi connectivity index (χ1n) is 8.43. The fraction of sp³-hybridized carbons (Fsp3) is 0.556. The Bertz CT molecular complexity index is 641. The van der Waals surface area contributed by atoms with Crippen molar-refractivity contribution < 1.29 is 22.8 Å². The van der Waals surface area contributed by atoms with Gasteiger partial charge in [0.25, 0.3) is 0 Å². The fourth-order valence-corrected chi connectivity index (χ4v) is 3.28. The molecule has 2 amide bonds. The Morgan fingerprint density at radius 2 is 1.96 bits per heavy atom. The van der Waals surface area contributed by atoms with Gasteiger partial charge in [0.2, 0.25) is 11.8 Å². The molecule has 0 bridgehead atoms. The van der Waals surface area contributed by atoms with Crippen LogP contribution in [0.2, 0.25) is 0 Å². The van der Waals surface area contributed by atoms with Crippen LogP contribution in [0.25, 0.3) is 0 Å². The lowest BCUT2D eigenvalue weighted by Gasteiger charge is -2.28. The van der Waals surface area contributed by atoms with E-state index < -0.39 is 17.7 Å². The van der Waals surface area contributed by atoms with E-state index >= 15 is 0 Å². The molecule has 0 aromatic heterocycles. The fourth-order valence-electron chi connectivity index (χ4n) is 3.28. The van der Waals surface area contributed by atoms with Gasteiger partial charge in [-0.15, -0.1) is 0 Å². The minimum atomic E-state index is -4.47. The number of nitrogens with zero attached hydrogens (tertiary/aromatic N) is 2. The molecule has 0 spiro atoms. The highest BCUT2D eigenvalue weighted by Gasteiger charge is 2.38. The average molecular weight is 356 g/mol. The van der Waals surface area contributed by atoms with E-state index in [4.69, 9.17) is 0 Å². The van der Waals surface area contributed by atoms with E-state index in [-0.39, 0.29) is 36.5 Å². The summed E-state index contributed by atoms with van der Waals surface area (Å²) in [7, 11) is 1.72. The number of hydrogen-bond donors (Lipinski definition) is 0. The van der Waals surface area contributed by atoms with Gasteiger partial charge in [-0.3, -0.25) is 9.59 Å². The van der Waals surface area contributed by atoms with Gasteiger partial charge in [0.05, 0.1) is 11.5 Å². The molecule has 1 unspecified atom stereocenters. The highest BCUT2D eigenvalue weighted by molar-refractivity contribution is 6.00. The molecular formula is C18H23F3N2O2. The second-order valence-corrected chi connectivity index (χ2v) is 6.37. The van der Waals surface area contributed by atoms with Crippen molar-refractivity contribution in [2.75, 3.05) is 18.5 Å². The SMILES string of the molecule is CCC(CC)N(C)C(=O)C1CC(=O)N(c2cccc(C(F)(F)F)c2)C1. The Balaban J connectivity index is 2.16. The van der Waals surface area contributed by atoms with Crippen LogP contribution in [0.4, 0.5) is 18.9 Å². The molecule has 0 N–H and O–H groups in total. The first kappa shape index (κ1) is 19.3. The first-order valence-corrected chi connectivity index (χ1v) is 8.43.